The molecule has 0 atom stereocenters. The van der Waals surface area contributed by atoms with Crippen LogP contribution in [0.1, 0.15) is 38.5 Å². The molecule has 2 N–H and O–H groups in total. The average Bonchev–Trinajstić information content (AvgIpc) is 2.43. The summed E-state index contributed by atoms with van der Waals surface area (Å²) in [5.74, 6) is 0.784. The lowest BCUT2D eigenvalue weighted by Gasteiger charge is -2.27. The van der Waals surface area contributed by atoms with Gasteiger partial charge in [-0.25, -0.2) is 0 Å². The van der Waals surface area contributed by atoms with Gasteiger partial charge in [-0.1, -0.05) is 25.7 Å². The van der Waals surface area contributed by atoms with E-state index in [4.69, 9.17) is 5.73 Å². The predicted octanol–water partition coefficient (Wildman–Crippen LogP) is 2.18. The Balaban J connectivity index is 0.000000980. The van der Waals surface area contributed by atoms with Gasteiger partial charge in [-0.3, -0.25) is 4.99 Å². The molecule has 2 aliphatic rings. The Morgan fingerprint density at radius 2 is 1.67 bits per heavy atom. The van der Waals surface area contributed by atoms with Crippen molar-refractivity contribution in [2.45, 2.75) is 44.6 Å². The van der Waals surface area contributed by atoms with E-state index in [2.05, 4.69) is 9.89 Å². The summed E-state index contributed by atoms with van der Waals surface area (Å²) in [6.45, 7) is 1.96. The maximum absolute atomic E-state index is 5.84. The molecule has 0 radical (unpaired) electrons. The second-order valence-corrected chi connectivity index (χ2v) is 4.08. The Labute approximate surface area is 104 Å². The van der Waals surface area contributed by atoms with Crippen LogP contribution < -0.4 is 5.73 Å². The van der Waals surface area contributed by atoms with Gasteiger partial charge in [-0.15, -0.1) is 24.8 Å². The minimum atomic E-state index is 0. The molecule has 90 valence electrons. The molecule has 5 heteroatoms. The number of rotatable bonds is 1. The third kappa shape index (κ3) is 3.72. The largest absolute Gasteiger partial charge is 0.370 e. The Hall–Kier alpha value is -0.150. The summed E-state index contributed by atoms with van der Waals surface area (Å²) in [6, 6.07) is 0.689. The van der Waals surface area contributed by atoms with Crippen LogP contribution in [0, 0.1) is 0 Å². The normalized spacial score (nSPS) is 22.4. The number of hydrogen-bond acceptors (Lipinski definition) is 3. The number of nitrogens with zero attached hydrogens (tertiary/aromatic N) is 2. The summed E-state index contributed by atoms with van der Waals surface area (Å²) in [5.41, 5.74) is 5.84. The maximum atomic E-state index is 5.84. The first kappa shape index (κ1) is 14.8. The van der Waals surface area contributed by atoms with E-state index in [-0.39, 0.29) is 24.8 Å². The van der Waals surface area contributed by atoms with Crippen molar-refractivity contribution in [3.8, 4) is 0 Å². The fourth-order valence-corrected chi connectivity index (χ4v) is 2.42. The van der Waals surface area contributed by atoms with Crippen LogP contribution in [0.25, 0.3) is 0 Å². The molecule has 0 bridgehead atoms. The summed E-state index contributed by atoms with van der Waals surface area (Å²) >= 11 is 0. The lowest BCUT2D eigenvalue weighted by atomic mass is 10.1. The van der Waals surface area contributed by atoms with E-state index in [1.807, 2.05) is 0 Å². The third-order valence-electron chi connectivity index (χ3n) is 3.17. The molecule has 15 heavy (non-hydrogen) atoms. The number of hydrogen-bond donors (Lipinski definition) is 1. The molecule has 0 saturated heterocycles. The second kappa shape index (κ2) is 7.18. The molecule has 1 aliphatic heterocycles. The van der Waals surface area contributed by atoms with E-state index < -0.39 is 0 Å². The minimum absolute atomic E-state index is 0. The van der Waals surface area contributed by atoms with Gasteiger partial charge in [0.25, 0.3) is 0 Å². The van der Waals surface area contributed by atoms with Crippen LogP contribution in [0.15, 0.2) is 4.99 Å². The van der Waals surface area contributed by atoms with E-state index in [0.29, 0.717) is 6.04 Å². The number of nitrogens with two attached hydrogens (primary N) is 1. The summed E-state index contributed by atoms with van der Waals surface area (Å²) in [7, 11) is 0. The second-order valence-electron chi connectivity index (χ2n) is 4.08. The molecule has 1 heterocycles. The molecule has 1 saturated carbocycles. The standard InChI is InChI=1S/C10H19N3.2ClH/c11-10-12-7-8-13(10)9-5-3-1-2-4-6-9;;/h9H,1-8H2,(H2,11,12);2*1H. The first-order valence-electron chi connectivity index (χ1n) is 5.44. The Kier molecular flexibility index (Phi) is 7.11. The molecular weight excluding hydrogens is 233 g/mol. The van der Waals surface area contributed by atoms with E-state index in [9.17, 15) is 0 Å². The molecule has 0 aromatic carbocycles. The highest BCUT2D eigenvalue weighted by Crippen LogP contribution is 2.22. The van der Waals surface area contributed by atoms with Gasteiger partial charge in [0.05, 0.1) is 6.54 Å². The van der Waals surface area contributed by atoms with Crippen LogP contribution in [0.5, 0.6) is 0 Å². The molecule has 2 rings (SSSR count). The molecule has 0 aromatic heterocycles. The SMILES string of the molecule is Cl.Cl.NC1=NCCN1C1CCCCCC1. The fourth-order valence-electron chi connectivity index (χ4n) is 2.42. The van der Waals surface area contributed by atoms with Crippen molar-refractivity contribution in [3.05, 3.63) is 0 Å². The van der Waals surface area contributed by atoms with Gasteiger partial charge < -0.3 is 10.6 Å². The van der Waals surface area contributed by atoms with Gasteiger partial charge in [-0.2, -0.15) is 0 Å². The van der Waals surface area contributed by atoms with Crippen LogP contribution in [0.4, 0.5) is 0 Å². The molecule has 1 fully saturated rings. The van der Waals surface area contributed by atoms with E-state index in [1.54, 1.807) is 0 Å². The predicted molar refractivity (Wildman–Crippen MR) is 69.2 cm³/mol. The Morgan fingerprint density at radius 1 is 1.07 bits per heavy atom. The van der Waals surface area contributed by atoms with Gasteiger partial charge in [0.1, 0.15) is 0 Å². The van der Waals surface area contributed by atoms with Gasteiger partial charge in [0.15, 0.2) is 5.96 Å². The topological polar surface area (TPSA) is 41.6 Å². The van der Waals surface area contributed by atoms with Crippen molar-refractivity contribution in [2.75, 3.05) is 13.1 Å². The van der Waals surface area contributed by atoms with Crippen LogP contribution in [-0.2, 0) is 0 Å². The van der Waals surface area contributed by atoms with Crippen molar-refractivity contribution >= 4 is 30.8 Å². The van der Waals surface area contributed by atoms with E-state index in [0.717, 1.165) is 19.0 Å². The van der Waals surface area contributed by atoms with Crippen molar-refractivity contribution in [1.82, 2.24) is 4.90 Å². The van der Waals surface area contributed by atoms with Crippen LogP contribution in [-0.4, -0.2) is 30.0 Å². The third-order valence-corrected chi connectivity index (χ3v) is 3.17. The first-order valence-corrected chi connectivity index (χ1v) is 5.44. The number of aliphatic imine (C=N–C) groups is 1. The summed E-state index contributed by atoms with van der Waals surface area (Å²) < 4.78 is 0. The van der Waals surface area contributed by atoms with Crippen molar-refractivity contribution in [3.63, 3.8) is 0 Å². The molecule has 0 spiro atoms. The minimum Gasteiger partial charge on any atom is -0.370 e. The Morgan fingerprint density at radius 3 is 2.13 bits per heavy atom. The monoisotopic (exact) mass is 253 g/mol. The van der Waals surface area contributed by atoms with Crippen molar-refractivity contribution in [2.24, 2.45) is 10.7 Å². The van der Waals surface area contributed by atoms with Crippen molar-refractivity contribution in [1.29, 1.82) is 0 Å². The lowest BCUT2D eigenvalue weighted by Crippen LogP contribution is -2.41. The van der Waals surface area contributed by atoms with Gasteiger partial charge >= 0.3 is 0 Å². The fraction of sp³-hybridized carbons (Fsp3) is 0.900. The van der Waals surface area contributed by atoms with Gasteiger partial charge in [-0.05, 0) is 12.8 Å². The molecule has 0 unspecified atom stereocenters. The molecular formula is C10H21Cl2N3. The highest BCUT2D eigenvalue weighted by molar-refractivity contribution is 5.85. The zero-order valence-corrected chi connectivity index (χ0v) is 10.7. The van der Waals surface area contributed by atoms with Crippen LogP contribution in [0.2, 0.25) is 0 Å². The average molecular weight is 254 g/mol. The summed E-state index contributed by atoms with van der Waals surface area (Å²) in [6.07, 6.45) is 8.18. The molecule has 3 nitrogen and oxygen atoms in total. The zero-order valence-electron chi connectivity index (χ0n) is 9.02. The lowest BCUT2D eigenvalue weighted by molar-refractivity contribution is 0.302. The quantitative estimate of drug-likeness (QED) is 0.729. The molecule has 0 aromatic rings. The van der Waals surface area contributed by atoms with Crippen LogP contribution >= 0.6 is 24.8 Å². The van der Waals surface area contributed by atoms with Crippen LogP contribution in [0.3, 0.4) is 0 Å². The highest BCUT2D eigenvalue weighted by atomic mass is 35.5. The first-order chi connectivity index (χ1) is 6.38. The zero-order chi connectivity index (χ0) is 9.10. The maximum Gasteiger partial charge on any atom is 0.191 e. The van der Waals surface area contributed by atoms with Gasteiger partial charge in [0.2, 0.25) is 0 Å². The molecule has 1 aliphatic carbocycles. The van der Waals surface area contributed by atoms with E-state index in [1.165, 1.54) is 38.5 Å². The number of halogens is 2. The summed E-state index contributed by atoms with van der Waals surface area (Å²) in [4.78, 5) is 6.55. The highest BCUT2D eigenvalue weighted by Gasteiger charge is 2.23. The number of guanidine groups is 1. The summed E-state index contributed by atoms with van der Waals surface area (Å²) in [5, 5.41) is 0. The van der Waals surface area contributed by atoms with E-state index >= 15 is 0 Å². The van der Waals surface area contributed by atoms with Gasteiger partial charge in [0, 0.05) is 12.6 Å². The molecule has 0 amide bonds. The smallest absolute Gasteiger partial charge is 0.191 e. The van der Waals surface area contributed by atoms with Crippen molar-refractivity contribution < 1.29 is 0 Å². The Bertz CT molecular complexity index is 201.